The van der Waals surface area contributed by atoms with Crippen LogP contribution >= 0.6 is 0 Å². The zero-order valence-electron chi connectivity index (χ0n) is 7.95. The monoisotopic (exact) mass is 177 g/mol. The number of imidazole rings is 1. The summed E-state index contributed by atoms with van der Waals surface area (Å²) in [6.45, 7) is 3.20. The van der Waals surface area contributed by atoms with Crippen molar-refractivity contribution in [1.29, 1.82) is 0 Å². The number of nitrogens with one attached hydrogen (secondary N) is 1. The molecule has 0 aromatic carbocycles. The largest absolute Gasteiger partial charge is 0.353 e. The number of rotatable bonds is 1. The molecule has 1 aromatic heterocycles. The zero-order chi connectivity index (χ0) is 8.84. The summed E-state index contributed by atoms with van der Waals surface area (Å²) >= 11 is 0. The second kappa shape index (κ2) is 2.50. The third-order valence-electron chi connectivity index (χ3n) is 3.08. The van der Waals surface area contributed by atoms with Crippen LogP contribution in [0.25, 0.3) is 0 Å². The highest BCUT2D eigenvalue weighted by Gasteiger charge is 2.33. The standard InChI is InChI=1S/C10H15N3/c1-7-6-13-5-4-9(8-2-3-8)12-10(13)11-7/h6,8-9H,2-5H2,1H3,(H,11,12). The molecule has 3 rings (SSSR count). The van der Waals surface area contributed by atoms with Gasteiger partial charge in [0.1, 0.15) is 0 Å². The van der Waals surface area contributed by atoms with Crippen LogP contribution in [0.15, 0.2) is 6.20 Å². The van der Waals surface area contributed by atoms with Gasteiger partial charge in [0.2, 0.25) is 5.95 Å². The van der Waals surface area contributed by atoms with Gasteiger partial charge in [-0.05, 0) is 32.1 Å². The lowest BCUT2D eigenvalue weighted by Crippen LogP contribution is -2.30. The van der Waals surface area contributed by atoms with Crippen LogP contribution in [0.5, 0.6) is 0 Å². The van der Waals surface area contributed by atoms with Crippen LogP contribution in [0.3, 0.4) is 0 Å². The Kier molecular flexibility index (Phi) is 1.43. The molecule has 1 fully saturated rings. The molecule has 1 N–H and O–H groups in total. The van der Waals surface area contributed by atoms with Crippen LogP contribution in [-0.4, -0.2) is 15.6 Å². The van der Waals surface area contributed by atoms with Gasteiger partial charge in [-0.15, -0.1) is 0 Å². The summed E-state index contributed by atoms with van der Waals surface area (Å²) in [6, 6.07) is 0.703. The lowest BCUT2D eigenvalue weighted by Gasteiger charge is -2.25. The first-order valence-corrected chi connectivity index (χ1v) is 5.13. The average Bonchev–Trinajstić information content (AvgIpc) is 2.87. The minimum absolute atomic E-state index is 0.703. The van der Waals surface area contributed by atoms with E-state index in [1.807, 2.05) is 0 Å². The molecule has 3 nitrogen and oxygen atoms in total. The van der Waals surface area contributed by atoms with E-state index in [0.717, 1.165) is 24.1 Å². The fourth-order valence-electron chi connectivity index (χ4n) is 2.20. The molecule has 2 heterocycles. The lowest BCUT2D eigenvalue weighted by atomic mass is 10.1. The number of aromatic nitrogens is 2. The molecule has 1 aromatic rings. The van der Waals surface area contributed by atoms with Crippen molar-refractivity contribution in [2.24, 2.45) is 5.92 Å². The van der Waals surface area contributed by atoms with Crippen molar-refractivity contribution in [2.45, 2.75) is 38.8 Å². The Balaban J connectivity index is 1.85. The third kappa shape index (κ3) is 1.23. The maximum Gasteiger partial charge on any atom is 0.203 e. The van der Waals surface area contributed by atoms with Crippen LogP contribution in [0.2, 0.25) is 0 Å². The molecule has 3 heteroatoms. The molecule has 0 spiro atoms. The minimum Gasteiger partial charge on any atom is -0.353 e. The SMILES string of the molecule is Cc1cn2c(n1)NC(C1CC1)CC2. The minimum atomic E-state index is 0.703. The third-order valence-corrected chi connectivity index (χ3v) is 3.08. The van der Waals surface area contributed by atoms with Gasteiger partial charge in [-0.25, -0.2) is 4.98 Å². The van der Waals surface area contributed by atoms with Gasteiger partial charge in [-0.1, -0.05) is 0 Å². The smallest absolute Gasteiger partial charge is 0.203 e. The predicted molar refractivity (Wildman–Crippen MR) is 51.7 cm³/mol. The average molecular weight is 177 g/mol. The molecule has 0 radical (unpaired) electrons. The first kappa shape index (κ1) is 7.42. The van der Waals surface area contributed by atoms with Gasteiger partial charge < -0.3 is 9.88 Å². The van der Waals surface area contributed by atoms with Crippen LogP contribution in [0.1, 0.15) is 25.0 Å². The fourth-order valence-corrected chi connectivity index (χ4v) is 2.20. The molecular formula is C10H15N3. The van der Waals surface area contributed by atoms with Gasteiger partial charge in [-0.3, -0.25) is 0 Å². The van der Waals surface area contributed by atoms with Crippen molar-refractivity contribution < 1.29 is 0 Å². The molecule has 1 aliphatic carbocycles. The van der Waals surface area contributed by atoms with Crippen LogP contribution in [-0.2, 0) is 6.54 Å². The summed E-state index contributed by atoms with van der Waals surface area (Å²) < 4.78 is 2.23. The maximum atomic E-state index is 4.46. The van der Waals surface area contributed by atoms with E-state index in [0.29, 0.717) is 6.04 Å². The second-order valence-corrected chi connectivity index (χ2v) is 4.28. The number of fused-ring (bicyclic) bond motifs is 1. The predicted octanol–water partition coefficient (Wildman–Crippen LogP) is 1.79. The van der Waals surface area contributed by atoms with E-state index in [4.69, 9.17) is 0 Å². The van der Waals surface area contributed by atoms with Crippen molar-refractivity contribution in [3.8, 4) is 0 Å². The maximum absolute atomic E-state index is 4.46. The Bertz CT molecular complexity index is 325. The van der Waals surface area contributed by atoms with Gasteiger partial charge in [0, 0.05) is 18.8 Å². The van der Waals surface area contributed by atoms with Crippen molar-refractivity contribution >= 4 is 5.95 Å². The highest BCUT2D eigenvalue weighted by Crippen LogP contribution is 2.37. The molecule has 70 valence electrons. The first-order chi connectivity index (χ1) is 6.33. The molecular weight excluding hydrogens is 162 g/mol. The molecule has 1 aliphatic heterocycles. The second-order valence-electron chi connectivity index (χ2n) is 4.28. The van der Waals surface area contributed by atoms with Gasteiger partial charge >= 0.3 is 0 Å². The van der Waals surface area contributed by atoms with E-state index in [2.05, 4.69) is 28.0 Å². The first-order valence-electron chi connectivity index (χ1n) is 5.13. The lowest BCUT2D eigenvalue weighted by molar-refractivity contribution is 0.490. The normalized spacial score (nSPS) is 26.7. The zero-order valence-corrected chi connectivity index (χ0v) is 7.95. The molecule has 0 bridgehead atoms. The highest BCUT2D eigenvalue weighted by molar-refractivity contribution is 5.33. The molecule has 0 saturated heterocycles. The van der Waals surface area contributed by atoms with Crippen LogP contribution in [0.4, 0.5) is 5.95 Å². The Labute approximate surface area is 78.2 Å². The van der Waals surface area contributed by atoms with Gasteiger partial charge in [0.15, 0.2) is 0 Å². The Morgan fingerprint density at radius 1 is 1.46 bits per heavy atom. The Morgan fingerprint density at radius 3 is 3.08 bits per heavy atom. The fraction of sp³-hybridized carbons (Fsp3) is 0.700. The van der Waals surface area contributed by atoms with Crippen molar-refractivity contribution in [2.75, 3.05) is 5.32 Å². The number of hydrogen-bond donors (Lipinski definition) is 1. The number of anilines is 1. The van der Waals surface area contributed by atoms with Crippen LogP contribution in [0, 0.1) is 12.8 Å². The van der Waals surface area contributed by atoms with Crippen molar-refractivity contribution in [3.05, 3.63) is 11.9 Å². The summed E-state index contributed by atoms with van der Waals surface area (Å²) in [5.41, 5.74) is 1.12. The summed E-state index contributed by atoms with van der Waals surface area (Å²) in [7, 11) is 0. The van der Waals surface area contributed by atoms with E-state index in [1.165, 1.54) is 19.3 Å². The summed E-state index contributed by atoms with van der Waals surface area (Å²) in [6.07, 6.45) is 6.23. The van der Waals surface area contributed by atoms with Gasteiger partial charge in [-0.2, -0.15) is 0 Å². The number of aryl methyl sites for hydroxylation is 2. The van der Waals surface area contributed by atoms with Crippen molar-refractivity contribution in [1.82, 2.24) is 9.55 Å². The summed E-state index contributed by atoms with van der Waals surface area (Å²) in [5.74, 6) is 2.02. The van der Waals surface area contributed by atoms with Crippen LogP contribution < -0.4 is 5.32 Å². The van der Waals surface area contributed by atoms with E-state index < -0.39 is 0 Å². The Hall–Kier alpha value is -0.990. The van der Waals surface area contributed by atoms with E-state index in [1.54, 1.807) is 0 Å². The highest BCUT2D eigenvalue weighted by atomic mass is 15.2. The molecule has 1 atom stereocenters. The van der Waals surface area contributed by atoms with Crippen molar-refractivity contribution in [3.63, 3.8) is 0 Å². The number of hydrogen-bond acceptors (Lipinski definition) is 2. The topological polar surface area (TPSA) is 29.9 Å². The molecule has 13 heavy (non-hydrogen) atoms. The van der Waals surface area contributed by atoms with Gasteiger partial charge in [0.25, 0.3) is 0 Å². The summed E-state index contributed by atoms with van der Waals surface area (Å²) in [4.78, 5) is 4.46. The van der Waals surface area contributed by atoms with E-state index in [9.17, 15) is 0 Å². The van der Waals surface area contributed by atoms with Gasteiger partial charge in [0.05, 0.1) is 5.69 Å². The molecule has 1 unspecified atom stereocenters. The number of nitrogens with zero attached hydrogens (tertiary/aromatic N) is 2. The Morgan fingerprint density at radius 2 is 2.31 bits per heavy atom. The van der Waals surface area contributed by atoms with E-state index >= 15 is 0 Å². The molecule has 1 saturated carbocycles. The molecule has 2 aliphatic rings. The summed E-state index contributed by atoms with van der Waals surface area (Å²) in [5, 5.41) is 3.53. The quantitative estimate of drug-likeness (QED) is 0.708. The van der Waals surface area contributed by atoms with E-state index in [-0.39, 0.29) is 0 Å². The molecule has 0 amide bonds.